The fourth-order valence-electron chi connectivity index (χ4n) is 6.02. The van der Waals surface area contributed by atoms with Gasteiger partial charge in [0.1, 0.15) is 17.2 Å². The summed E-state index contributed by atoms with van der Waals surface area (Å²) < 4.78 is 17.7. The summed E-state index contributed by atoms with van der Waals surface area (Å²) in [7, 11) is 1.59. The van der Waals surface area contributed by atoms with Crippen LogP contribution in [0.25, 0.3) is 22.2 Å². The van der Waals surface area contributed by atoms with Gasteiger partial charge in [-0.3, -0.25) is 9.97 Å². The highest BCUT2D eigenvalue weighted by Gasteiger charge is 2.36. The van der Waals surface area contributed by atoms with Crippen molar-refractivity contribution >= 4 is 11.0 Å². The Bertz CT molecular complexity index is 1640. The van der Waals surface area contributed by atoms with Gasteiger partial charge in [-0.1, -0.05) is 66.3 Å². The monoisotopic (exact) mass is 592 g/mol. The number of aromatic nitrogens is 2. The molecule has 7 nitrogen and oxygen atoms in total. The van der Waals surface area contributed by atoms with Crippen LogP contribution in [0, 0.1) is 5.92 Å². The SMILES string of the molecule is CCOc1cc(OC)c(C(O)C(c2ccc(-c3ccc4nccnc4c3)cc2)[C@@H](CCO)C2=CC=CC=CC2)c(OCC)c1. The molecule has 1 heterocycles. The van der Waals surface area contributed by atoms with Crippen LogP contribution in [0.5, 0.6) is 17.2 Å². The van der Waals surface area contributed by atoms with Crippen LogP contribution < -0.4 is 14.2 Å². The number of aliphatic hydroxyl groups excluding tert-OH is 2. The minimum atomic E-state index is -1.02. The third-order valence-electron chi connectivity index (χ3n) is 8.01. The minimum absolute atomic E-state index is 0.0202. The van der Waals surface area contributed by atoms with Gasteiger partial charge in [0.25, 0.3) is 0 Å². The molecule has 5 rings (SSSR count). The predicted octanol–water partition coefficient (Wildman–Crippen LogP) is 7.36. The highest BCUT2D eigenvalue weighted by Crippen LogP contribution is 2.49. The fraction of sp³-hybridized carbons (Fsp3) is 0.297. The topological polar surface area (TPSA) is 93.9 Å². The Hall–Kier alpha value is -4.46. The molecule has 4 aromatic rings. The lowest BCUT2D eigenvalue weighted by atomic mass is 9.73. The third kappa shape index (κ3) is 6.85. The second kappa shape index (κ2) is 14.8. The number of fused-ring (bicyclic) bond motifs is 1. The molecule has 1 aliphatic carbocycles. The van der Waals surface area contributed by atoms with E-state index < -0.39 is 12.0 Å². The first-order valence-corrected chi connectivity index (χ1v) is 15.2. The van der Waals surface area contributed by atoms with Gasteiger partial charge in [-0.2, -0.15) is 0 Å². The van der Waals surface area contributed by atoms with Crippen molar-refractivity contribution in [2.75, 3.05) is 26.9 Å². The Morgan fingerprint density at radius 2 is 1.55 bits per heavy atom. The zero-order valence-electron chi connectivity index (χ0n) is 25.5. The number of nitrogens with zero attached hydrogens (tertiary/aromatic N) is 2. The number of allylic oxidation sites excluding steroid dienone is 6. The summed E-state index contributed by atoms with van der Waals surface area (Å²) in [6.45, 7) is 4.71. The number of ether oxygens (including phenoxy) is 3. The summed E-state index contributed by atoms with van der Waals surface area (Å²) in [5.74, 6) is 1.02. The first-order valence-electron chi connectivity index (χ1n) is 15.2. The van der Waals surface area contributed by atoms with Crippen molar-refractivity contribution < 1.29 is 24.4 Å². The van der Waals surface area contributed by atoms with Gasteiger partial charge in [0, 0.05) is 37.1 Å². The molecule has 44 heavy (non-hydrogen) atoms. The molecular weight excluding hydrogens is 552 g/mol. The lowest BCUT2D eigenvalue weighted by Gasteiger charge is -2.34. The molecule has 1 aliphatic rings. The molecule has 0 radical (unpaired) electrons. The summed E-state index contributed by atoms with van der Waals surface area (Å²) in [6.07, 6.45) is 13.8. The van der Waals surface area contributed by atoms with Crippen LogP contribution in [0.15, 0.2) is 103 Å². The van der Waals surface area contributed by atoms with E-state index in [0.717, 1.165) is 39.7 Å². The van der Waals surface area contributed by atoms with Gasteiger partial charge >= 0.3 is 0 Å². The van der Waals surface area contributed by atoms with Crippen molar-refractivity contribution in [2.45, 2.75) is 38.7 Å². The van der Waals surface area contributed by atoms with E-state index >= 15 is 0 Å². The molecule has 0 spiro atoms. The van der Waals surface area contributed by atoms with E-state index in [1.807, 2.05) is 56.3 Å². The van der Waals surface area contributed by atoms with E-state index in [-0.39, 0.29) is 12.5 Å². The second-order valence-corrected chi connectivity index (χ2v) is 10.6. The molecule has 0 aliphatic heterocycles. The largest absolute Gasteiger partial charge is 0.496 e. The van der Waals surface area contributed by atoms with E-state index in [9.17, 15) is 10.2 Å². The lowest BCUT2D eigenvalue weighted by Crippen LogP contribution is -2.24. The van der Waals surface area contributed by atoms with Crippen molar-refractivity contribution in [3.05, 3.63) is 114 Å². The van der Waals surface area contributed by atoms with Gasteiger partial charge in [-0.15, -0.1) is 0 Å². The van der Waals surface area contributed by atoms with Crippen LogP contribution in [0.4, 0.5) is 0 Å². The number of benzene rings is 3. The molecule has 228 valence electrons. The fourth-order valence-corrected chi connectivity index (χ4v) is 6.02. The van der Waals surface area contributed by atoms with Crippen molar-refractivity contribution in [3.8, 4) is 28.4 Å². The standard InChI is InChI=1S/C37H40N2O5/c1-4-43-29-23-33(42-3)36(34(24-29)44-5-2)37(41)35(30(18-21-40)26-10-8-6-7-9-11-26)27-14-12-25(13-15-27)28-16-17-31-32(22-28)39-20-19-38-31/h6-10,12-17,19-20,22-24,30,35,37,40-41H,4-5,11,18,21H2,1-3H3/t30-,35?,37?/m0/s1. The molecule has 0 amide bonds. The Labute approximate surface area is 259 Å². The summed E-state index contributed by atoms with van der Waals surface area (Å²) >= 11 is 0. The smallest absolute Gasteiger partial charge is 0.132 e. The molecule has 0 saturated heterocycles. The van der Waals surface area contributed by atoms with Gasteiger partial charge in [0.05, 0.1) is 43.0 Å². The van der Waals surface area contributed by atoms with Crippen molar-refractivity contribution in [1.82, 2.24) is 9.97 Å². The molecular formula is C37H40N2O5. The van der Waals surface area contributed by atoms with Crippen molar-refractivity contribution in [3.63, 3.8) is 0 Å². The maximum absolute atomic E-state index is 12.4. The maximum Gasteiger partial charge on any atom is 0.132 e. The first kappa shape index (κ1) is 31.0. The number of hydrogen-bond acceptors (Lipinski definition) is 7. The Morgan fingerprint density at radius 3 is 2.27 bits per heavy atom. The summed E-state index contributed by atoms with van der Waals surface area (Å²) in [6, 6.07) is 17.9. The summed E-state index contributed by atoms with van der Waals surface area (Å²) in [4.78, 5) is 8.85. The first-order chi connectivity index (χ1) is 21.6. The zero-order valence-corrected chi connectivity index (χ0v) is 25.5. The van der Waals surface area contributed by atoms with Crippen LogP contribution in [0.2, 0.25) is 0 Å². The quantitative estimate of drug-likeness (QED) is 0.168. The number of hydrogen-bond donors (Lipinski definition) is 2. The Kier molecular flexibility index (Phi) is 10.4. The van der Waals surface area contributed by atoms with E-state index in [1.165, 1.54) is 0 Å². The van der Waals surface area contributed by atoms with E-state index in [2.05, 4.69) is 46.4 Å². The number of rotatable bonds is 13. The molecule has 3 atom stereocenters. The van der Waals surface area contributed by atoms with Crippen LogP contribution in [0.3, 0.4) is 0 Å². The van der Waals surface area contributed by atoms with E-state index in [4.69, 9.17) is 14.2 Å². The van der Waals surface area contributed by atoms with E-state index in [0.29, 0.717) is 42.4 Å². The average Bonchev–Trinajstić information content (AvgIpc) is 3.34. The van der Waals surface area contributed by atoms with Gasteiger partial charge in [-0.05, 0) is 61.4 Å². The van der Waals surface area contributed by atoms with Crippen LogP contribution in [-0.4, -0.2) is 47.1 Å². The average molecular weight is 593 g/mol. The molecule has 7 heteroatoms. The molecule has 1 aromatic heterocycles. The Balaban J connectivity index is 1.63. The Morgan fingerprint density at radius 1 is 0.818 bits per heavy atom. The van der Waals surface area contributed by atoms with Crippen molar-refractivity contribution in [1.29, 1.82) is 0 Å². The molecule has 0 saturated carbocycles. The number of aliphatic hydroxyl groups is 2. The second-order valence-electron chi connectivity index (χ2n) is 10.6. The normalized spacial score (nSPS) is 14.9. The highest BCUT2D eigenvalue weighted by molar-refractivity contribution is 5.81. The minimum Gasteiger partial charge on any atom is -0.496 e. The van der Waals surface area contributed by atoms with Gasteiger partial charge in [0.2, 0.25) is 0 Å². The zero-order chi connectivity index (χ0) is 30.9. The van der Waals surface area contributed by atoms with E-state index in [1.54, 1.807) is 25.6 Å². The predicted molar refractivity (Wildman–Crippen MR) is 174 cm³/mol. The van der Waals surface area contributed by atoms with Crippen LogP contribution >= 0.6 is 0 Å². The van der Waals surface area contributed by atoms with Gasteiger partial charge in [-0.25, -0.2) is 0 Å². The van der Waals surface area contributed by atoms with Gasteiger partial charge in [0.15, 0.2) is 0 Å². The third-order valence-corrected chi connectivity index (χ3v) is 8.01. The van der Waals surface area contributed by atoms with Crippen LogP contribution in [0.1, 0.15) is 49.8 Å². The number of methoxy groups -OCH3 is 1. The highest BCUT2D eigenvalue weighted by atomic mass is 16.5. The molecule has 2 N–H and O–H groups in total. The lowest BCUT2D eigenvalue weighted by molar-refractivity contribution is 0.107. The summed E-state index contributed by atoms with van der Waals surface area (Å²) in [5, 5.41) is 22.7. The molecule has 0 bridgehead atoms. The van der Waals surface area contributed by atoms with Crippen LogP contribution in [-0.2, 0) is 0 Å². The molecule has 2 unspecified atom stereocenters. The molecule has 3 aromatic carbocycles. The van der Waals surface area contributed by atoms with Gasteiger partial charge < -0.3 is 24.4 Å². The summed E-state index contributed by atoms with van der Waals surface area (Å²) in [5.41, 5.74) is 6.37. The van der Waals surface area contributed by atoms with Crippen molar-refractivity contribution in [2.24, 2.45) is 5.92 Å². The maximum atomic E-state index is 12.4. The molecule has 0 fully saturated rings.